The molecule has 2 aromatic carbocycles. The Labute approximate surface area is 169 Å². The van der Waals surface area contributed by atoms with E-state index in [1.807, 2.05) is 24.3 Å². The maximum Gasteiger partial charge on any atom is 0.323 e. The number of anilines is 2. The van der Waals surface area contributed by atoms with Crippen molar-refractivity contribution in [2.45, 2.75) is 19.3 Å². The first kappa shape index (κ1) is 19.1. The van der Waals surface area contributed by atoms with Crippen molar-refractivity contribution < 1.29 is 19.1 Å². The highest BCUT2D eigenvalue weighted by Crippen LogP contribution is 2.52. The molecule has 1 heterocycles. The molecule has 2 atom stereocenters. The molecule has 1 saturated carbocycles. The first-order chi connectivity index (χ1) is 14.0. The minimum absolute atomic E-state index is 0.109. The van der Waals surface area contributed by atoms with Gasteiger partial charge >= 0.3 is 12.0 Å². The number of rotatable bonds is 5. The molecule has 6 heteroatoms. The van der Waals surface area contributed by atoms with Crippen LogP contribution in [0.3, 0.4) is 0 Å². The summed E-state index contributed by atoms with van der Waals surface area (Å²) in [5, 5.41) is 5.59. The quantitative estimate of drug-likeness (QED) is 0.584. The fraction of sp³-hybridized carbons (Fsp3) is 0.304. The lowest BCUT2D eigenvalue weighted by Crippen LogP contribution is -2.31. The summed E-state index contributed by atoms with van der Waals surface area (Å²) in [5.74, 6) is 0.836. The first-order valence-corrected chi connectivity index (χ1v) is 9.63. The van der Waals surface area contributed by atoms with Crippen LogP contribution in [0.25, 0.3) is 0 Å². The second kappa shape index (κ2) is 7.62. The molecule has 0 aromatic heterocycles. The molecule has 2 unspecified atom stereocenters. The van der Waals surface area contributed by atoms with Gasteiger partial charge in [0.1, 0.15) is 5.75 Å². The lowest BCUT2D eigenvalue weighted by molar-refractivity contribution is -0.146. The largest absolute Gasteiger partial charge is 0.497 e. The van der Waals surface area contributed by atoms with Crippen molar-refractivity contribution in [1.29, 1.82) is 0 Å². The molecule has 2 aromatic rings. The molecule has 0 radical (unpaired) electrons. The van der Waals surface area contributed by atoms with Gasteiger partial charge < -0.3 is 20.1 Å². The Balaban J connectivity index is 1.38. The van der Waals surface area contributed by atoms with Crippen LogP contribution in [0.5, 0.6) is 5.75 Å². The van der Waals surface area contributed by atoms with Crippen LogP contribution in [0.1, 0.15) is 18.4 Å². The van der Waals surface area contributed by atoms with E-state index in [1.165, 1.54) is 0 Å². The van der Waals surface area contributed by atoms with Gasteiger partial charge in [-0.25, -0.2) is 4.79 Å². The third-order valence-electron chi connectivity index (χ3n) is 5.78. The third-order valence-corrected chi connectivity index (χ3v) is 5.78. The van der Waals surface area contributed by atoms with Crippen LogP contribution in [0.4, 0.5) is 16.2 Å². The van der Waals surface area contributed by atoms with Gasteiger partial charge in [0.05, 0.1) is 19.1 Å². The molecule has 29 heavy (non-hydrogen) atoms. The van der Waals surface area contributed by atoms with Crippen molar-refractivity contribution in [2.24, 2.45) is 11.3 Å². The fourth-order valence-electron chi connectivity index (χ4n) is 4.30. The second-order valence-electron chi connectivity index (χ2n) is 7.76. The van der Waals surface area contributed by atoms with E-state index in [4.69, 9.17) is 9.47 Å². The average molecular weight is 392 g/mol. The van der Waals surface area contributed by atoms with Gasteiger partial charge in [0, 0.05) is 17.3 Å². The van der Waals surface area contributed by atoms with Crippen LogP contribution in [0.15, 0.2) is 60.7 Å². The number of ether oxygens (including phenoxy) is 2. The van der Waals surface area contributed by atoms with E-state index in [9.17, 15) is 9.59 Å². The molecule has 0 spiro atoms. The van der Waals surface area contributed by atoms with Gasteiger partial charge in [-0.3, -0.25) is 4.79 Å². The van der Waals surface area contributed by atoms with Crippen LogP contribution in [0.2, 0.25) is 0 Å². The molecule has 150 valence electrons. The van der Waals surface area contributed by atoms with Crippen LogP contribution < -0.4 is 15.4 Å². The third kappa shape index (κ3) is 3.83. The van der Waals surface area contributed by atoms with Crippen molar-refractivity contribution in [2.75, 3.05) is 24.4 Å². The second-order valence-corrected chi connectivity index (χ2v) is 7.76. The summed E-state index contributed by atoms with van der Waals surface area (Å²) < 4.78 is 10.4. The number of methoxy groups -OCH3 is 1. The minimum atomic E-state index is -0.474. The number of nitrogens with one attached hydrogen (secondary N) is 2. The average Bonchev–Trinajstić information content (AvgIpc) is 3.18. The van der Waals surface area contributed by atoms with E-state index < -0.39 is 5.41 Å². The zero-order chi connectivity index (χ0) is 20.4. The van der Waals surface area contributed by atoms with Crippen molar-refractivity contribution in [1.82, 2.24) is 0 Å². The molecular weight excluding hydrogens is 368 g/mol. The SMILES string of the molecule is C=C1CC2COC(=O)C2(Cc2ccc(NC(=O)Nc3ccc(OC)cc3)cc2)C1. The smallest absolute Gasteiger partial charge is 0.323 e. The van der Waals surface area contributed by atoms with Crippen molar-refractivity contribution in [3.63, 3.8) is 0 Å². The molecule has 1 aliphatic carbocycles. The Morgan fingerprint density at radius 3 is 2.38 bits per heavy atom. The highest BCUT2D eigenvalue weighted by molar-refractivity contribution is 5.99. The maximum atomic E-state index is 12.4. The number of esters is 1. The molecule has 0 bridgehead atoms. The number of hydrogen-bond donors (Lipinski definition) is 2. The molecule has 2 amide bonds. The van der Waals surface area contributed by atoms with Crippen molar-refractivity contribution in [3.05, 3.63) is 66.2 Å². The van der Waals surface area contributed by atoms with E-state index in [0.717, 1.165) is 23.3 Å². The van der Waals surface area contributed by atoms with Crippen LogP contribution in [-0.4, -0.2) is 25.7 Å². The molecule has 1 aliphatic heterocycles. The van der Waals surface area contributed by atoms with Crippen molar-refractivity contribution >= 4 is 23.4 Å². The summed E-state index contributed by atoms with van der Waals surface area (Å²) in [6.07, 6.45) is 2.19. The predicted molar refractivity (Wildman–Crippen MR) is 111 cm³/mol. The number of urea groups is 1. The molecular formula is C23H24N2O4. The van der Waals surface area contributed by atoms with E-state index in [0.29, 0.717) is 30.8 Å². The lowest BCUT2D eigenvalue weighted by Gasteiger charge is -2.24. The number of cyclic esters (lactones) is 1. The summed E-state index contributed by atoms with van der Waals surface area (Å²) in [7, 11) is 1.59. The zero-order valence-corrected chi connectivity index (χ0v) is 16.4. The van der Waals surface area contributed by atoms with Gasteiger partial charge in [0.25, 0.3) is 0 Å². The number of carbonyl (C=O) groups excluding carboxylic acids is 2. The number of benzene rings is 2. The van der Waals surface area contributed by atoms with Crippen LogP contribution in [0, 0.1) is 11.3 Å². The number of fused-ring (bicyclic) bond motifs is 1. The van der Waals surface area contributed by atoms with Gasteiger partial charge in [0.2, 0.25) is 0 Å². The summed E-state index contributed by atoms with van der Waals surface area (Å²) in [6, 6.07) is 14.4. The van der Waals surface area contributed by atoms with Crippen LogP contribution in [-0.2, 0) is 16.0 Å². The Morgan fingerprint density at radius 2 is 1.76 bits per heavy atom. The van der Waals surface area contributed by atoms with E-state index in [-0.39, 0.29) is 17.9 Å². The van der Waals surface area contributed by atoms with E-state index in [2.05, 4.69) is 17.2 Å². The Morgan fingerprint density at radius 1 is 1.14 bits per heavy atom. The lowest BCUT2D eigenvalue weighted by atomic mass is 9.75. The summed E-state index contributed by atoms with van der Waals surface area (Å²) in [5.41, 5.74) is 3.05. The van der Waals surface area contributed by atoms with Gasteiger partial charge in [-0.15, -0.1) is 0 Å². The molecule has 2 fully saturated rings. The predicted octanol–water partition coefficient (Wildman–Crippen LogP) is 4.39. The monoisotopic (exact) mass is 392 g/mol. The van der Waals surface area contributed by atoms with Gasteiger partial charge in [-0.05, 0) is 61.2 Å². The number of amides is 2. The van der Waals surface area contributed by atoms with Gasteiger partial charge in [0.15, 0.2) is 0 Å². The number of allylic oxidation sites excluding steroid dienone is 1. The summed E-state index contributed by atoms with van der Waals surface area (Å²) in [6.45, 7) is 4.57. The molecule has 6 nitrogen and oxygen atoms in total. The van der Waals surface area contributed by atoms with Gasteiger partial charge in [-0.2, -0.15) is 0 Å². The Hall–Kier alpha value is -3.28. The molecule has 4 rings (SSSR count). The van der Waals surface area contributed by atoms with E-state index >= 15 is 0 Å². The van der Waals surface area contributed by atoms with Gasteiger partial charge in [-0.1, -0.05) is 24.3 Å². The Kier molecular flexibility index (Phi) is 5.01. The minimum Gasteiger partial charge on any atom is -0.497 e. The zero-order valence-electron chi connectivity index (χ0n) is 16.4. The fourth-order valence-corrected chi connectivity index (χ4v) is 4.30. The summed E-state index contributed by atoms with van der Waals surface area (Å²) >= 11 is 0. The standard InChI is InChI=1S/C23H24N2O4/c1-15-11-17-14-29-21(26)23(17,12-15)13-16-3-5-18(6-4-16)24-22(27)25-19-7-9-20(28-2)10-8-19/h3-10,17H,1,11-14H2,2H3,(H2,24,25,27). The van der Waals surface area contributed by atoms with Crippen molar-refractivity contribution in [3.8, 4) is 5.75 Å². The maximum absolute atomic E-state index is 12.4. The highest BCUT2D eigenvalue weighted by Gasteiger charge is 2.55. The molecule has 2 aliphatic rings. The number of carbonyl (C=O) groups is 2. The first-order valence-electron chi connectivity index (χ1n) is 9.63. The topological polar surface area (TPSA) is 76.7 Å². The highest BCUT2D eigenvalue weighted by atomic mass is 16.5. The Bertz CT molecular complexity index is 936. The van der Waals surface area contributed by atoms with E-state index in [1.54, 1.807) is 31.4 Å². The van der Waals surface area contributed by atoms with Crippen LogP contribution >= 0.6 is 0 Å². The molecule has 1 saturated heterocycles. The number of hydrogen-bond acceptors (Lipinski definition) is 4. The molecule has 2 N–H and O–H groups in total. The normalized spacial score (nSPS) is 22.7. The summed E-state index contributed by atoms with van der Waals surface area (Å²) in [4.78, 5) is 24.6.